The maximum absolute atomic E-state index is 5.65. The highest BCUT2D eigenvalue weighted by atomic mass is 16.5. The molecule has 0 aromatic carbocycles. The number of hydrogen-bond donors (Lipinski definition) is 1. The van der Waals surface area contributed by atoms with Crippen molar-refractivity contribution in [3.63, 3.8) is 0 Å². The second kappa shape index (κ2) is 6.58. The zero-order valence-electron chi connectivity index (χ0n) is 13.4. The van der Waals surface area contributed by atoms with E-state index in [9.17, 15) is 0 Å². The topological polar surface area (TPSA) is 21.3 Å². The summed E-state index contributed by atoms with van der Waals surface area (Å²) in [5.74, 6) is 1.65. The lowest BCUT2D eigenvalue weighted by molar-refractivity contribution is 0.104. The van der Waals surface area contributed by atoms with Gasteiger partial charge in [-0.25, -0.2) is 0 Å². The lowest BCUT2D eigenvalue weighted by atomic mass is 9.76. The second-order valence-corrected chi connectivity index (χ2v) is 7.80. The van der Waals surface area contributed by atoms with Crippen LogP contribution in [0.3, 0.4) is 0 Å². The highest BCUT2D eigenvalue weighted by Crippen LogP contribution is 2.36. The molecule has 2 rings (SSSR count). The van der Waals surface area contributed by atoms with Crippen molar-refractivity contribution in [3.05, 3.63) is 0 Å². The average Bonchev–Trinajstić information content (AvgIpc) is 2.61. The molecule has 2 heteroatoms. The Bertz CT molecular complexity index is 271. The molecule has 112 valence electrons. The predicted octanol–water partition coefficient (Wildman–Crippen LogP) is 4.00. The number of rotatable bonds is 3. The van der Waals surface area contributed by atoms with Crippen molar-refractivity contribution in [1.82, 2.24) is 5.32 Å². The maximum Gasteiger partial charge on any atom is 0.0588 e. The van der Waals surface area contributed by atoms with Crippen LogP contribution in [0.5, 0.6) is 0 Å². The summed E-state index contributed by atoms with van der Waals surface area (Å²) in [5, 5.41) is 3.83. The molecule has 2 aliphatic rings. The van der Waals surface area contributed by atoms with E-state index in [-0.39, 0.29) is 0 Å². The van der Waals surface area contributed by atoms with Crippen molar-refractivity contribution in [2.24, 2.45) is 17.3 Å². The van der Waals surface area contributed by atoms with E-state index in [4.69, 9.17) is 4.74 Å². The van der Waals surface area contributed by atoms with Crippen LogP contribution in [0.25, 0.3) is 0 Å². The van der Waals surface area contributed by atoms with Crippen LogP contribution in [0.1, 0.15) is 66.2 Å². The molecule has 1 N–H and O–H groups in total. The van der Waals surface area contributed by atoms with Gasteiger partial charge in [-0.3, -0.25) is 0 Å². The molecular weight excluding hydrogens is 234 g/mol. The molecule has 0 amide bonds. The fraction of sp³-hybridized carbons (Fsp3) is 1.00. The molecule has 0 aromatic rings. The third kappa shape index (κ3) is 4.46. The van der Waals surface area contributed by atoms with Crippen LogP contribution in [0.4, 0.5) is 0 Å². The van der Waals surface area contributed by atoms with Gasteiger partial charge >= 0.3 is 0 Å². The SMILES string of the molecule is CC1OCCC1CNC1CCCC(C(C)(C)C)CC1. The van der Waals surface area contributed by atoms with E-state index < -0.39 is 0 Å². The summed E-state index contributed by atoms with van der Waals surface area (Å²) >= 11 is 0. The maximum atomic E-state index is 5.65. The van der Waals surface area contributed by atoms with E-state index in [0.717, 1.165) is 31.0 Å². The van der Waals surface area contributed by atoms with Crippen LogP contribution in [-0.4, -0.2) is 25.3 Å². The molecule has 1 heterocycles. The Morgan fingerprint density at radius 3 is 2.47 bits per heavy atom. The minimum absolute atomic E-state index is 0.459. The summed E-state index contributed by atoms with van der Waals surface area (Å²) in [7, 11) is 0. The summed E-state index contributed by atoms with van der Waals surface area (Å²) in [6, 6.07) is 0.750. The fourth-order valence-corrected chi connectivity index (χ4v) is 3.73. The minimum Gasteiger partial charge on any atom is -0.378 e. The summed E-state index contributed by atoms with van der Waals surface area (Å²) < 4.78 is 5.65. The van der Waals surface area contributed by atoms with Crippen molar-refractivity contribution < 1.29 is 4.74 Å². The molecule has 1 aliphatic heterocycles. The average molecular weight is 267 g/mol. The molecule has 0 radical (unpaired) electrons. The van der Waals surface area contributed by atoms with Crippen molar-refractivity contribution in [2.45, 2.75) is 78.4 Å². The molecule has 19 heavy (non-hydrogen) atoms. The molecule has 2 nitrogen and oxygen atoms in total. The predicted molar refractivity (Wildman–Crippen MR) is 81.3 cm³/mol. The quantitative estimate of drug-likeness (QED) is 0.781. The van der Waals surface area contributed by atoms with Crippen molar-refractivity contribution in [2.75, 3.05) is 13.2 Å². The molecule has 0 bridgehead atoms. The van der Waals surface area contributed by atoms with Gasteiger partial charge in [0.15, 0.2) is 0 Å². The van der Waals surface area contributed by atoms with Crippen molar-refractivity contribution in [3.8, 4) is 0 Å². The normalized spacial score (nSPS) is 37.3. The van der Waals surface area contributed by atoms with Gasteiger partial charge in [0, 0.05) is 19.2 Å². The first-order valence-corrected chi connectivity index (χ1v) is 8.32. The molecule has 0 aromatic heterocycles. The standard InChI is InChI=1S/C17H33NO/c1-13-14(10-11-19-13)12-18-16-7-5-6-15(8-9-16)17(2,3)4/h13-16,18H,5-12H2,1-4H3. The largest absolute Gasteiger partial charge is 0.378 e. The first kappa shape index (κ1) is 15.3. The van der Waals surface area contributed by atoms with Crippen molar-refractivity contribution in [1.29, 1.82) is 0 Å². The molecule has 0 spiro atoms. The Morgan fingerprint density at radius 2 is 1.84 bits per heavy atom. The van der Waals surface area contributed by atoms with Gasteiger partial charge in [-0.15, -0.1) is 0 Å². The summed E-state index contributed by atoms with van der Waals surface area (Å²) in [5.41, 5.74) is 0.489. The van der Waals surface area contributed by atoms with Crippen LogP contribution in [0.15, 0.2) is 0 Å². The Morgan fingerprint density at radius 1 is 1.05 bits per heavy atom. The molecule has 2 fully saturated rings. The Hall–Kier alpha value is -0.0800. The van der Waals surface area contributed by atoms with Gasteiger partial charge < -0.3 is 10.1 Å². The smallest absolute Gasteiger partial charge is 0.0588 e. The van der Waals surface area contributed by atoms with Crippen LogP contribution in [-0.2, 0) is 4.74 Å². The molecule has 4 unspecified atom stereocenters. The zero-order chi connectivity index (χ0) is 13.9. The van der Waals surface area contributed by atoms with Gasteiger partial charge in [-0.1, -0.05) is 27.2 Å². The molecular formula is C17H33NO. The Labute approximate surface area is 119 Å². The van der Waals surface area contributed by atoms with E-state index in [0.29, 0.717) is 11.5 Å². The molecule has 4 atom stereocenters. The Kier molecular flexibility index (Phi) is 5.30. The molecule has 1 aliphatic carbocycles. The lowest BCUT2D eigenvalue weighted by Gasteiger charge is -2.29. The third-order valence-corrected chi connectivity index (χ3v) is 5.40. The fourth-order valence-electron chi connectivity index (χ4n) is 3.73. The summed E-state index contributed by atoms with van der Waals surface area (Å²) in [6.45, 7) is 11.6. The van der Waals surface area contributed by atoms with E-state index in [1.165, 1.54) is 38.5 Å². The van der Waals surface area contributed by atoms with Gasteiger partial charge in [0.05, 0.1) is 6.10 Å². The number of nitrogens with one attached hydrogen (secondary N) is 1. The van der Waals surface area contributed by atoms with Crippen LogP contribution >= 0.6 is 0 Å². The molecule has 1 saturated heterocycles. The number of ether oxygens (including phenoxy) is 1. The van der Waals surface area contributed by atoms with E-state index in [1.807, 2.05) is 0 Å². The molecule has 1 saturated carbocycles. The van der Waals surface area contributed by atoms with Gasteiger partial charge in [0.2, 0.25) is 0 Å². The first-order valence-electron chi connectivity index (χ1n) is 8.32. The van der Waals surface area contributed by atoms with Crippen molar-refractivity contribution >= 4 is 0 Å². The van der Waals surface area contributed by atoms with Gasteiger partial charge in [-0.05, 0) is 56.3 Å². The highest BCUT2D eigenvalue weighted by Gasteiger charge is 2.29. The zero-order valence-corrected chi connectivity index (χ0v) is 13.4. The third-order valence-electron chi connectivity index (χ3n) is 5.40. The van der Waals surface area contributed by atoms with Gasteiger partial charge in [0.1, 0.15) is 0 Å². The highest BCUT2D eigenvalue weighted by molar-refractivity contribution is 4.83. The van der Waals surface area contributed by atoms with Gasteiger partial charge in [-0.2, -0.15) is 0 Å². The minimum atomic E-state index is 0.459. The van der Waals surface area contributed by atoms with E-state index in [1.54, 1.807) is 0 Å². The first-order chi connectivity index (χ1) is 8.97. The van der Waals surface area contributed by atoms with Gasteiger partial charge in [0.25, 0.3) is 0 Å². The van der Waals surface area contributed by atoms with E-state index >= 15 is 0 Å². The van der Waals surface area contributed by atoms with Crippen LogP contribution in [0.2, 0.25) is 0 Å². The monoisotopic (exact) mass is 267 g/mol. The summed E-state index contributed by atoms with van der Waals surface area (Å²) in [4.78, 5) is 0. The van der Waals surface area contributed by atoms with Crippen LogP contribution < -0.4 is 5.32 Å². The summed E-state index contributed by atoms with van der Waals surface area (Å²) in [6.07, 6.45) is 8.66. The lowest BCUT2D eigenvalue weighted by Crippen LogP contribution is -2.35. The van der Waals surface area contributed by atoms with Crippen LogP contribution in [0, 0.1) is 17.3 Å². The Balaban J connectivity index is 1.73. The second-order valence-electron chi connectivity index (χ2n) is 7.80. The number of hydrogen-bond acceptors (Lipinski definition) is 2. The van der Waals surface area contributed by atoms with E-state index in [2.05, 4.69) is 33.0 Å².